The Hall–Kier alpha value is -4.17. The van der Waals surface area contributed by atoms with E-state index in [9.17, 15) is 14.4 Å². The van der Waals surface area contributed by atoms with Gasteiger partial charge in [0.05, 0.1) is 45.4 Å². The highest BCUT2D eigenvalue weighted by Gasteiger charge is 2.41. The van der Waals surface area contributed by atoms with Gasteiger partial charge < -0.3 is 13.7 Å². The molecule has 5 aromatic rings. The number of aromatic nitrogens is 3. The largest absolute Gasteiger partial charge is 0.464 e. The van der Waals surface area contributed by atoms with Crippen LogP contribution in [0, 0.1) is 6.92 Å². The van der Waals surface area contributed by atoms with Crippen molar-refractivity contribution in [3.63, 3.8) is 0 Å². The summed E-state index contributed by atoms with van der Waals surface area (Å²) in [6, 6.07) is 15.0. The number of hydrogen-bond donors (Lipinski definition) is 0. The molecule has 1 atom stereocenters. The Morgan fingerprint density at radius 1 is 0.973 bits per heavy atom. The third kappa shape index (κ3) is 3.22. The van der Waals surface area contributed by atoms with Gasteiger partial charge in [-0.05, 0) is 44.5 Å². The fourth-order valence-electron chi connectivity index (χ4n) is 5.57. The van der Waals surface area contributed by atoms with E-state index < -0.39 is 22.9 Å². The Morgan fingerprint density at radius 3 is 2.49 bits per heavy atom. The van der Waals surface area contributed by atoms with Gasteiger partial charge in [-0.3, -0.25) is 18.7 Å². The van der Waals surface area contributed by atoms with Gasteiger partial charge in [0.15, 0.2) is 5.43 Å². The zero-order valence-electron chi connectivity index (χ0n) is 21.4. The summed E-state index contributed by atoms with van der Waals surface area (Å²) in [4.78, 5) is 40.5. The van der Waals surface area contributed by atoms with E-state index in [0.717, 1.165) is 15.7 Å². The molecule has 188 valence electrons. The molecule has 2 aromatic carbocycles. The van der Waals surface area contributed by atoms with Crippen molar-refractivity contribution in [2.45, 2.75) is 32.4 Å². The fraction of sp³-hybridized carbons (Fsp3) is 0.276. The van der Waals surface area contributed by atoms with Crippen molar-refractivity contribution in [1.82, 2.24) is 13.7 Å². The van der Waals surface area contributed by atoms with Crippen LogP contribution in [0.4, 0.5) is 0 Å². The summed E-state index contributed by atoms with van der Waals surface area (Å²) >= 11 is 0. The van der Waals surface area contributed by atoms with Crippen LogP contribution in [-0.2, 0) is 24.4 Å². The third-order valence-corrected chi connectivity index (χ3v) is 7.35. The lowest BCUT2D eigenvalue weighted by atomic mass is 9.98. The second kappa shape index (κ2) is 7.91. The summed E-state index contributed by atoms with van der Waals surface area (Å²) in [5, 5.41) is 0.860. The molecule has 0 radical (unpaired) electrons. The molecule has 0 fully saturated rings. The molecule has 1 aliphatic heterocycles. The molecule has 0 aliphatic carbocycles. The van der Waals surface area contributed by atoms with Crippen LogP contribution in [0.1, 0.15) is 36.8 Å². The fourth-order valence-corrected chi connectivity index (χ4v) is 5.57. The summed E-state index contributed by atoms with van der Waals surface area (Å²) in [5.41, 5.74) is 2.80. The van der Waals surface area contributed by atoms with E-state index in [-0.39, 0.29) is 12.0 Å². The molecule has 0 spiro atoms. The number of aryl methyl sites for hydroxylation is 2. The van der Waals surface area contributed by atoms with Crippen molar-refractivity contribution in [3.8, 4) is 11.3 Å². The van der Waals surface area contributed by atoms with Crippen LogP contribution < -0.4 is 16.7 Å². The summed E-state index contributed by atoms with van der Waals surface area (Å²) in [7, 11) is 3.13. The average molecular weight is 498 g/mol. The van der Waals surface area contributed by atoms with Crippen molar-refractivity contribution in [3.05, 3.63) is 103 Å². The van der Waals surface area contributed by atoms with Crippen molar-refractivity contribution < 1.29 is 9.15 Å². The maximum Gasteiger partial charge on any atom is 0.331 e. The molecular weight excluding hydrogens is 470 g/mol. The van der Waals surface area contributed by atoms with Crippen LogP contribution in [0.5, 0.6) is 0 Å². The van der Waals surface area contributed by atoms with Gasteiger partial charge in [-0.1, -0.05) is 35.9 Å². The predicted octanol–water partition coefficient (Wildman–Crippen LogP) is 3.98. The number of para-hydroxylation sites is 1. The minimum Gasteiger partial charge on any atom is -0.464 e. The van der Waals surface area contributed by atoms with Crippen molar-refractivity contribution in [2.75, 3.05) is 6.61 Å². The van der Waals surface area contributed by atoms with Crippen molar-refractivity contribution in [1.29, 1.82) is 0 Å². The van der Waals surface area contributed by atoms with E-state index in [1.165, 1.54) is 17.9 Å². The monoisotopic (exact) mass is 497 g/mol. The first-order valence-corrected chi connectivity index (χ1v) is 12.2. The number of ether oxygens (including phenoxy) is 1. The molecule has 0 amide bonds. The maximum atomic E-state index is 13.7. The van der Waals surface area contributed by atoms with E-state index >= 15 is 0 Å². The van der Waals surface area contributed by atoms with Crippen molar-refractivity contribution in [2.24, 2.45) is 14.1 Å². The lowest BCUT2D eigenvalue weighted by molar-refractivity contribution is -0.00811. The second-order valence-electron chi connectivity index (χ2n) is 10.4. The molecule has 6 rings (SSSR count). The van der Waals surface area contributed by atoms with Crippen molar-refractivity contribution >= 4 is 21.9 Å². The summed E-state index contributed by atoms with van der Waals surface area (Å²) in [6.45, 7) is 6.33. The van der Waals surface area contributed by atoms with Gasteiger partial charge in [-0.15, -0.1) is 0 Å². The number of rotatable bonds is 2. The quantitative estimate of drug-likeness (QED) is 0.368. The topological polar surface area (TPSA) is 88.4 Å². The van der Waals surface area contributed by atoms with E-state index in [0.29, 0.717) is 38.8 Å². The van der Waals surface area contributed by atoms with Gasteiger partial charge in [0.25, 0.3) is 5.56 Å². The highest BCUT2D eigenvalue weighted by Crippen LogP contribution is 2.45. The Morgan fingerprint density at radius 2 is 1.73 bits per heavy atom. The van der Waals surface area contributed by atoms with Gasteiger partial charge in [0, 0.05) is 14.1 Å². The standard InChI is InChI=1S/C29H27N3O5/c1-16-9-8-10-17(13-16)22-21-23(30(4)28(35)31(5)27(21)34)24-26(37-15-29(2,3)32(22)24)19-14-36-20-12-7-6-11-18(20)25(19)33/h6-14,26H,15H2,1-5H3. The van der Waals surface area contributed by atoms with Crippen LogP contribution in [0.2, 0.25) is 0 Å². The zero-order chi connectivity index (χ0) is 26.2. The predicted molar refractivity (Wildman–Crippen MR) is 142 cm³/mol. The molecule has 37 heavy (non-hydrogen) atoms. The van der Waals surface area contributed by atoms with E-state index in [1.54, 1.807) is 25.2 Å². The molecule has 8 nitrogen and oxygen atoms in total. The SMILES string of the molecule is Cc1cccc(-c2c3c(=O)n(C)c(=O)n(C)c3c3n2C(C)(C)COC3c2coc3ccccc3c2=O)c1. The van der Waals surface area contributed by atoms with E-state index in [2.05, 4.69) is 4.57 Å². The first-order valence-electron chi connectivity index (χ1n) is 12.2. The van der Waals surface area contributed by atoms with Gasteiger partial charge in [-0.2, -0.15) is 0 Å². The summed E-state index contributed by atoms with van der Waals surface area (Å²) < 4.78 is 16.9. The van der Waals surface area contributed by atoms with Crippen LogP contribution >= 0.6 is 0 Å². The molecule has 4 heterocycles. The van der Waals surface area contributed by atoms with E-state index in [1.807, 2.05) is 51.1 Å². The lowest BCUT2D eigenvalue weighted by Crippen LogP contribution is -2.41. The molecule has 1 aliphatic rings. The molecule has 3 aromatic heterocycles. The molecule has 0 bridgehead atoms. The summed E-state index contributed by atoms with van der Waals surface area (Å²) in [6.07, 6.45) is 0.593. The zero-order valence-corrected chi connectivity index (χ0v) is 21.4. The van der Waals surface area contributed by atoms with Crippen LogP contribution in [-0.4, -0.2) is 20.3 Å². The highest BCUT2D eigenvalue weighted by atomic mass is 16.5. The number of benzene rings is 2. The molecule has 0 saturated heterocycles. The Labute approximate surface area is 212 Å². The first kappa shape index (κ1) is 23.2. The Kier molecular flexibility index (Phi) is 4.97. The lowest BCUT2D eigenvalue weighted by Gasteiger charge is -2.39. The van der Waals surface area contributed by atoms with Gasteiger partial charge in [0.1, 0.15) is 18.0 Å². The van der Waals surface area contributed by atoms with Crippen LogP contribution in [0.25, 0.3) is 33.1 Å². The second-order valence-corrected chi connectivity index (χ2v) is 10.4. The minimum absolute atomic E-state index is 0.210. The molecule has 0 saturated carbocycles. The molecular formula is C29H27N3O5. The van der Waals surface area contributed by atoms with Crippen LogP contribution in [0.3, 0.4) is 0 Å². The number of nitrogens with zero attached hydrogens (tertiary/aromatic N) is 3. The normalized spacial score (nSPS) is 16.8. The first-order chi connectivity index (χ1) is 17.6. The number of hydrogen-bond acceptors (Lipinski definition) is 5. The van der Waals surface area contributed by atoms with Gasteiger partial charge >= 0.3 is 5.69 Å². The van der Waals surface area contributed by atoms with E-state index in [4.69, 9.17) is 9.15 Å². The maximum absolute atomic E-state index is 13.7. The van der Waals surface area contributed by atoms with Gasteiger partial charge in [0.2, 0.25) is 0 Å². The molecule has 1 unspecified atom stereocenters. The molecule has 8 heteroatoms. The smallest absolute Gasteiger partial charge is 0.331 e. The number of fused-ring (bicyclic) bond motifs is 4. The highest BCUT2D eigenvalue weighted by molar-refractivity contribution is 5.97. The minimum atomic E-state index is -0.840. The molecule has 0 N–H and O–H groups in total. The van der Waals surface area contributed by atoms with Gasteiger partial charge in [-0.25, -0.2) is 4.79 Å². The average Bonchev–Trinajstić information content (AvgIpc) is 3.25. The third-order valence-electron chi connectivity index (χ3n) is 7.35. The Bertz CT molecular complexity index is 1920. The summed E-state index contributed by atoms with van der Waals surface area (Å²) in [5.74, 6) is 0. The Balaban J connectivity index is 1.82. The van der Waals surface area contributed by atoms with Crippen LogP contribution in [0.15, 0.2) is 73.6 Å².